The number of anilines is 1. The summed E-state index contributed by atoms with van der Waals surface area (Å²) >= 11 is 0. The van der Waals surface area contributed by atoms with E-state index < -0.39 is 10.8 Å². The average Bonchev–Trinajstić information content (AvgIpc) is 3.17. The standard InChI is InChI=1S/C18H20N6O4/c1-11-5-6-15(12(2)7-11)28-10-23-9-14(8-19-23)20-18(25)17-16(24(26)27)13(3)21-22(17)4/h5-9H,10H2,1-4H3,(H,20,25). The summed E-state index contributed by atoms with van der Waals surface area (Å²) < 4.78 is 8.44. The van der Waals surface area contributed by atoms with Crippen molar-refractivity contribution in [1.82, 2.24) is 19.6 Å². The second-order valence-electron chi connectivity index (χ2n) is 6.43. The first-order valence-electron chi connectivity index (χ1n) is 8.48. The molecule has 0 saturated heterocycles. The van der Waals surface area contributed by atoms with Crippen molar-refractivity contribution in [3.8, 4) is 5.75 Å². The van der Waals surface area contributed by atoms with Crippen LogP contribution in [0, 0.1) is 30.9 Å². The number of ether oxygens (including phenoxy) is 1. The van der Waals surface area contributed by atoms with Gasteiger partial charge in [0.25, 0.3) is 5.91 Å². The number of nitrogens with zero attached hydrogens (tertiary/aromatic N) is 5. The van der Waals surface area contributed by atoms with Gasteiger partial charge in [-0.25, -0.2) is 4.68 Å². The van der Waals surface area contributed by atoms with Crippen molar-refractivity contribution < 1.29 is 14.5 Å². The second-order valence-corrected chi connectivity index (χ2v) is 6.43. The number of carbonyl (C=O) groups is 1. The third kappa shape index (κ3) is 3.85. The largest absolute Gasteiger partial charge is 0.471 e. The van der Waals surface area contributed by atoms with E-state index in [4.69, 9.17) is 4.74 Å². The number of nitrogens with one attached hydrogen (secondary N) is 1. The highest BCUT2D eigenvalue weighted by molar-refractivity contribution is 6.05. The zero-order chi connectivity index (χ0) is 20.4. The number of aryl methyl sites for hydroxylation is 4. The van der Waals surface area contributed by atoms with Gasteiger partial charge in [-0.05, 0) is 32.4 Å². The van der Waals surface area contributed by atoms with Crippen LogP contribution in [0.25, 0.3) is 0 Å². The van der Waals surface area contributed by atoms with Crippen molar-refractivity contribution in [2.75, 3.05) is 5.32 Å². The number of hydrogen-bond acceptors (Lipinski definition) is 6. The van der Waals surface area contributed by atoms with Crippen molar-refractivity contribution in [3.63, 3.8) is 0 Å². The number of amides is 1. The molecule has 3 aromatic rings. The van der Waals surface area contributed by atoms with Crippen LogP contribution < -0.4 is 10.1 Å². The second kappa shape index (κ2) is 7.51. The van der Waals surface area contributed by atoms with Crippen LogP contribution in [0.3, 0.4) is 0 Å². The molecule has 0 atom stereocenters. The van der Waals surface area contributed by atoms with Crippen LogP contribution in [0.4, 0.5) is 11.4 Å². The van der Waals surface area contributed by atoms with Gasteiger partial charge >= 0.3 is 5.69 Å². The van der Waals surface area contributed by atoms with Gasteiger partial charge in [-0.1, -0.05) is 17.7 Å². The number of aromatic nitrogens is 4. The molecular weight excluding hydrogens is 364 g/mol. The fraction of sp³-hybridized carbons (Fsp3) is 0.278. The minimum atomic E-state index is -0.635. The molecule has 0 unspecified atom stereocenters. The Morgan fingerprint density at radius 2 is 2.07 bits per heavy atom. The summed E-state index contributed by atoms with van der Waals surface area (Å²) in [6.07, 6.45) is 3.02. The van der Waals surface area contributed by atoms with Gasteiger partial charge in [-0.15, -0.1) is 0 Å². The molecule has 0 aliphatic rings. The highest BCUT2D eigenvalue weighted by atomic mass is 16.6. The number of rotatable bonds is 6. The zero-order valence-corrected chi connectivity index (χ0v) is 16.0. The van der Waals surface area contributed by atoms with E-state index in [0.717, 1.165) is 16.9 Å². The molecule has 0 bridgehead atoms. The topological polar surface area (TPSA) is 117 Å². The molecule has 1 N–H and O–H groups in total. The highest BCUT2D eigenvalue weighted by Gasteiger charge is 2.29. The van der Waals surface area contributed by atoms with Crippen LogP contribution in [0.5, 0.6) is 5.75 Å². The molecule has 0 fully saturated rings. The first kappa shape index (κ1) is 19.1. The van der Waals surface area contributed by atoms with Gasteiger partial charge in [0.05, 0.1) is 23.0 Å². The first-order chi connectivity index (χ1) is 13.3. The maximum atomic E-state index is 12.5. The highest BCUT2D eigenvalue weighted by Crippen LogP contribution is 2.23. The maximum Gasteiger partial charge on any atom is 0.322 e. The van der Waals surface area contributed by atoms with E-state index in [1.54, 1.807) is 6.20 Å². The Hall–Kier alpha value is -3.69. The van der Waals surface area contributed by atoms with Gasteiger partial charge in [-0.3, -0.25) is 19.6 Å². The van der Waals surface area contributed by atoms with E-state index in [-0.39, 0.29) is 23.8 Å². The van der Waals surface area contributed by atoms with Gasteiger partial charge in [0, 0.05) is 7.05 Å². The molecule has 3 rings (SSSR count). The van der Waals surface area contributed by atoms with E-state index in [2.05, 4.69) is 15.5 Å². The molecule has 0 spiro atoms. The predicted octanol–water partition coefficient (Wildman–Crippen LogP) is 2.74. The average molecular weight is 384 g/mol. The van der Waals surface area contributed by atoms with Crippen molar-refractivity contribution in [2.24, 2.45) is 7.05 Å². The molecule has 2 heterocycles. The minimum absolute atomic E-state index is 0.123. The van der Waals surface area contributed by atoms with E-state index in [0.29, 0.717) is 5.69 Å². The number of hydrogen-bond donors (Lipinski definition) is 1. The molecule has 2 aromatic heterocycles. The van der Waals surface area contributed by atoms with Crippen LogP contribution >= 0.6 is 0 Å². The Labute approximate surface area is 160 Å². The smallest absolute Gasteiger partial charge is 0.322 e. The van der Waals surface area contributed by atoms with Crippen molar-refractivity contribution >= 4 is 17.3 Å². The fourth-order valence-electron chi connectivity index (χ4n) is 2.91. The molecule has 0 aliphatic carbocycles. The molecule has 0 radical (unpaired) electrons. The van der Waals surface area contributed by atoms with Crippen LogP contribution in [-0.4, -0.2) is 30.4 Å². The summed E-state index contributed by atoms with van der Waals surface area (Å²) in [5, 5.41) is 21.9. The lowest BCUT2D eigenvalue weighted by molar-refractivity contribution is -0.385. The van der Waals surface area contributed by atoms with Crippen LogP contribution in [0.15, 0.2) is 30.6 Å². The van der Waals surface area contributed by atoms with Crippen molar-refractivity contribution in [1.29, 1.82) is 0 Å². The number of benzene rings is 1. The predicted molar refractivity (Wildman–Crippen MR) is 101 cm³/mol. The third-order valence-corrected chi connectivity index (χ3v) is 4.16. The minimum Gasteiger partial charge on any atom is -0.471 e. The van der Waals surface area contributed by atoms with Crippen LogP contribution in [0.1, 0.15) is 27.3 Å². The van der Waals surface area contributed by atoms with Gasteiger partial charge in [-0.2, -0.15) is 10.2 Å². The van der Waals surface area contributed by atoms with E-state index in [9.17, 15) is 14.9 Å². The van der Waals surface area contributed by atoms with Gasteiger partial charge in [0.1, 0.15) is 11.4 Å². The number of carbonyl (C=O) groups excluding carboxylic acids is 1. The lowest BCUT2D eigenvalue weighted by Crippen LogP contribution is -2.17. The first-order valence-corrected chi connectivity index (χ1v) is 8.48. The Balaban J connectivity index is 1.70. The Bertz CT molecular complexity index is 1050. The van der Waals surface area contributed by atoms with E-state index in [1.165, 1.54) is 29.5 Å². The summed E-state index contributed by atoms with van der Waals surface area (Å²) in [4.78, 5) is 23.1. The quantitative estimate of drug-likeness (QED) is 0.516. The lowest BCUT2D eigenvalue weighted by atomic mass is 10.1. The van der Waals surface area contributed by atoms with Gasteiger partial charge < -0.3 is 10.1 Å². The summed E-state index contributed by atoms with van der Waals surface area (Å²) in [7, 11) is 1.48. The SMILES string of the molecule is Cc1ccc(OCn2cc(NC(=O)c3c([N+](=O)[O-])c(C)nn3C)cn2)c(C)c1. The summed E-state index contributed by atoms with van der Waals surface area (Å²) in [5.41, 5.74) is 2.29. The van der Waals surface area contributed by atoms with Crippen LogP contribution in [-0.2, 0) is 13.8 Å². The molecule has 28 heavy (non-hydrogen) atoms. The molecular formula is C18H20N6O4. The fourth-order valence-corrected chi connectivity index (χ4v) is 2.91. The molecule has 10 heteroatoms. The summed E-state index contributed by atoms with van der Waals surface area (Å²) in [6, 6.07) is 5.87. The Morgan fingerprint density at radius 1 is 1.32 bits per heavy atom. The summed E-state index contributed by atoms with van der Waals surface area (Å²) in [6.45, 7) is 5.61. The van der Waals surface area contributed by atoms with E-state index >= 15 is 0 Å². The molecule has 10 nitrogen and oxygen atoms in total. The van der Waals surface area contributed by atoms with Crippen molar-refractivity contribution in [3.05, 3.63) is 63.2 Å². The molecule has 1 amide bonds. The Morgan fingerprint density at radius 3 is 2.75 bits per heavy atom. The van der Waals surface area contributed by atoms with Gasteiger partial charge in [0.15, 0.2) is 6.73 Å². The maximum absolute atomic E-state index is 12.5. The molecule has 0 aliphatic heterocycles. The van der Waals surface area contributed by atoms with Crippen molar-refractivity contribution in [2.45, 2.75) is 27.5 Å². The van der Waals surface area contributed by atoms with E-state index in [1.807, 2.05) is 32.0 Å². The monoisotopic (exact) mass is 384 g/mol. The molecule has 146 valence electrons. The third-order valence-electron chi connectivity index (χ3n) is 4.16. The lowest BCUT2D eigenvalue weighted by Gasteiger charge is -2.09. The molecule has 1 aromatic carbocycles. The normalized spacial score (nSPS) is 10.7. The molecule has 0 saturated carbocycles. The Kier molecular flexibility index (Phi) is 5.12. The van der Waals surface area contributed by atoms with Crippen LogP contribution in [0.2, 0.25) is 0 Å². The zero-order valence-electron chi connectivity index (χ0n) is 16.0. The number of nitro groups is 1. The van der Waals surface area contributed by atoms with Gasteiger partial charge in [0.2, 0.25) is 5.69 Å². The summed E-state index contributed by atoms with van der Waals surface area (Å²) in [5.74, 6) is 0.109.